The van der Waals surface area contributed by atoms with Gasteiger partial charge in [0.05, 0.1) is 0 Å². The van der Waals surface area contributed by atoms with Gasteiger partial charge in [0.25, 0.3) is 0 Å². The van der Waals surface area contributed by atoms with Crippen LogP contribution in [-0.4, -0.2) is 65.2 Å². The number of hydrogen-bond acceptors (Lipinski definition) is 6. The summed E-state index contributed by atoms with van der Waals surface area (Å²) in [7, 11) is 1.54. The van der Waals surface area contributed by atoms with Crippen LogP contribution in [0.15, 0.2) is 24.3 Å². The van der Waals surface area contributed by atoms with E-state index in [1.807, 2.05) is 13.2 Å². The van der Waals surface area contributed by atoms with E-state index in [1.54, 1.807) is 51.7 Å². The molecule has 0 aromatic heterocycles. The molecule has 0 saturated carbocycles. The fraction of sp³-hybridized carbons (Fsp3) is 0.609. The predicted molar refractivity (Wildman–Crippen MR) is 128 cm³/mol. The van der Waals surface area contributed by atoms with Gasteiger partial charge in [-0.15, -0.1) is 0 Å². The Morgan fingerprint density at radius 3 is 2.34 bits per heavy atom. The van der Waals surface area contributed by atoms with Crippen molar-refractivity contribution in [2.45, 2.75) is 64.6 Å². The van der Waals surface area contributed by atoms with E-state index in [0.29, 0.717) is 24.3 Å². The smallest absolute Gasteiger partial charge is 0.408 e. The highest BCUT2D eigenvalue weighted by molar-refractivity contribution is 7.98. The van der Waals surface area contributed by atoms with E-state index in [9.17, 15) is 19.5 Å². The van der Waals surface area contributed by atoms with E-state index < -0.39 is 29.7 Å². The summed E-state index contributed by atoms with van der Waals surface area (Å²) in [6.07, 6.45) is 3.37. The maximum Gasteiger partial charge on any atom is 0.408 e. The second-order valence-corrected chi connectivity index (χ2v) is 9.55. The number of phenolic OH excluding ortho intramolecular Hbond substituents is 1. The van der Waals surface area contributed by atoms with Crippen molar-refractivity contribution in [1.29, 1.82) is 0 Å². The van der Waals surface area contributed by atoms with Crippen LogP contribution in [0.5, 0.6) is 5.75 Å². The second kappa shape index (κ2) is 13.2. The van der Waals surface area contributed by atoms with Crippen molar-refractivity contribution < 1.29 is 24.2 Å². The maximum atomic E-state index is 13.4. The Bertz CT molecular complexity index is 749. The molecular formula is C23H37N3O5S. The molecule has 0 fully saturated rings. The van der Waals surface area contributed by atoms with Gasteiger partial charge in [0.2, 0.25) is 11.8 Å². The zero-order valence-electron chi connectivity index (χ0n) is 19.9. The highest BCUT2D eigenvalue weighted by atomic mass is 32.2. The van der Waals surface area contributed by atoms with Crippen LogP contribution in [-0.2, 0) is 14.3 Å². The van der Waals surface area contributed by atoms with Gasteiger partial charge in [-0.25, -0.2) is 4.79 Å². The van der Waals surface area contributed by atoms with Crippen LogP contribution in [0, 0.1) is 0 Å². The van der Waals surface area contributed by atoms with E-state index in [1.165, 1.54) is 17.0 Å². The topological polar surface area (TPSA) is 108 Å². The predicted octanol–water partition coefficient (Wildman–Crippen LogP) is 3.45. The van der Waals surface area contributed by atoms with Crippen LogP contribution in [0.25, 0.3) is 0 Å². The fourth-order valence-electron chi connectivity index (χ4n) is 3.01. The number of nitrogens with one attached hydrogen (secondary N) is 2. The van der Waals surface area contributed by atoms with Crippen LogP contribution in [0.2, 0.25) is 0 Å². The van der Waals surface area contributed by atoms with Crippen LogP contribution >= 0.6 is 11.8 Å². The van der Waals surface area contributed by atoms with E-state index in [4.69, 9.17) is 4.74 Å². The normalized spacial score (nSPS) is 13.1. The second-order valence-electron chi connectivity index (χ2n) is 8.57. The number of aromatic hydroxyl groups is 1. The maximum absolute atomic E-state index is 13.4. The first-order chi connectivity index (χ1) is 15.0. The first-order valence-electron chi connectivity index (χ1n) is 10.8. The first kappa shape index (κ1) is 27.6. The number of carbonyl (C=O) groups is 3. The minimum absolute atomic E-state index is 0.0670. The summed E-state index contributed by atoms with van der Waals surface area (Å²) in [4.78, 5) is 40.1. The Hall–Kier alpha value is -2.42. The average Bonchev–Trinajstić information content (AvgIpc) is 2.71. The van der Waals surface area contributed by atoms with Crippen LogP contribution in [0.1, 0.15) is 58.6 Å². The quantitative estimate of drug-likeness (QED) is 0.430. The number of hydrogen-bond donors (Lipinski definition) is 3. The minimum Gasteiger partial charge on any atom is -0.508 e. The molecule has 3 amide bonds. The van der Waals surface area contributed by atoms with E-state index in [0.717, 1.165) is 12.8 Å². The van der Waals surface area contributed by atoms with Crippen molar-refractivity contribution in [3.8, 4) is 5.75 Å². The Balaban J connectivity index is 3.14. The van der Waals surface area contributed by atoms with Gasteiger partial charge in [-0.3, -0.25) is 9.59 Å². The lowest BCUT2D eigenvalue weighted by Gasteiger charge is -2.31. The summed E-state index contributed by atoms with van der Waals surface area (Å²) in [5.74, 6) is -0.00102. The first-order valence-corrected chi connectivity index (χ1v) is 12.2. The standard InChI is InChI=1S/C23H37N3O5S/c1-7-8-14-24-20(28)19(16-9-11-17(27)12-10-16)26(5)21(29)18(13-15-32-6)25-22(30)31-23(2,3)4/h9-12,18-19,27H,7-8,13-15H2,1-6H3,(H,24,28)(H,25,30). The number of likely N-dealkylation sites (N-methyl/N-ethyl adjacent to an activating group) is 1. The van der Waals surface area contributed by atoms with Crippen molar-refractivity contribution in [2.75, 3.05) is 25.6 Å². The van der Waals surface area contributed by atoms with Gasteiger partial charge in [0.1, 0.15) is 23.4 Å². The highest BCUT2D eigenvalue weighted by Crippen LogP contribution is 2.24. The number of alkyl carbamates (subject to hydrolysis) is 1. The summed E-state index contributed by atoms with van der Waals surface area (Å²) in [6, 6.07) is 4.43. The number of rotatable bonds is 11. The third kappa shape index (κ3) is 9.38. The number of nitrogens with zero attached hydrogens (tertiary/aromatic N) is 1. The Labute approximate surface area is 195 Å². The lowest BCUT2D eigenvalue weighted by atomic mass is 10.0. The van der Waals surface area contributed by atoms with Crippen molar-refractivity contribution in [3.63, 3.8) is 0 Å². The molecule has 2 unspecified atom stereocenters. The Morgan fingerprint density at radius 1 is 1.19 bits per heavy atom. The zero-order valence-corrected chi connectivity index (χ0v) is 20.8. The van der Waals surface area contributed by atoms with E-state index >= 15 is 0 Å². The van der Waals surface area contributed by atoms with Gasteiger partial charge < -0.3 is 25.4 Å². The number of amides is 3. The molecule has 3 N–H and O–H groups in total. The summed E-state index contributed by atoms with van der Waals surface area (Å²) in [5.41, 5.74) is -0.134. The van der Waals surface area contributed by atoms with Gasteiger partial charge in [-0.1, -0.05) is 25.5 Å². The van der Waals surface area contributed by atoms with Gasteiger partial charge in [-0.2, -0.15) is 11.8 Å². The number of ether oxygens (including phenoxy) is 1. The Kier molecular flexibility index (Phi) is 11.4. The van der Waals surface area contributed by atoms with E-state index in [2.05, 4.69) is 10.6 Å². The van der Waals surface area contributed by atoms with Gasteiger partial charge in [-0.05, 0) is 63.3 Å². The molecule has 180 valence electrons. The van der Waals surface area contributed by atoms with Gasteiger partial charge in [0, 0.05) is 13.6 Å². The molecule has 32 heavy (non-hydrogen) atoms. The molecule has 1 rings (SSSR count). The lowest BCUT2D eigenvalue weighted by molar-refractivity contribution is -0.140. The number of carbonyl (C=O) groups excluding carboxylic acids is 3. The van der Waals surface area contributed by atoms with Crippen molar-refractivity contribution in [2.24, 2.45) is 0 Å². The van der Waals surface area contributed by atoms with E-state index in [-0.39, 0.29) is 11.7 Å². The monoisotopic (exact) mass is 467 g/mol. The van der Waals surface area contributed by atoms with Crippen LogP contribution < -0.4 is 10.6 Å². The molecule has 0 aliphatic rings. The molecule has 0 saturated heterocycles. The molecule has 0 spiro atoms. The summed E-state index contributed by atoms with van der Waals surface area (Å²) < 4.78 is 5.31. The molecule has 0 aliphatic carbocycles. The SMILES string of the molecule is CCCCNC(=O)C(c1ccc(O)cc1)N(C)C(=O)C(CCSC)NC(=O)OC(C)(C)C. The number of thioether (sulfide) groups is 1. The molecule has 0 bridgehead atoms. The molecule has 9 heteroatoms. The Morgan fingerprint density at radius 2 is 1.81 bits per heavy atom. The molecule has 1 aromatic carbocycles. The zero-order chi connectivity index (χ0) is 24.3. The molecule has 0 radical (unpaired) electrons. The van der Waals surface area contributed by atoms with Crippen LogP contribution in [0.3, 0.4) is 0 Å². The number of unbranched alkanes of at least 4 members (excludes halogenated alkanes) is 1. The molecular weight excluding hydrogens is 430 g/mol. The van der Waals surface area contributed by atoms with Crippen molar-refractivity contribution in [1.82, 2.24) is 15.5 Å². The summed E-state index contributed by atoms with van der Waals surface area (Å²) in [5, 5.41) is 15.2. The summed E-state index contributed by atoms with van der Waals surface area (Å²) >= 11 is 1.56. The lowest BCUT2D eigenvalue weighted by Crippen LogP contribution is -2.52. The van der Waals surface area contributed by atoms with Crippen molar-refractivity contribution >= 4 is 29.7 Å². The molecule has 1 aromatic rings. The third-order valence-corrected chi connectivity index (χ3v) is 5.27. The minimum atomic E-state index is -0.905. The van der Waals surface area contributed by atoms with Gasteiger partial charge >= 0.3 is 6.09 Å². The summed E-state index contributed by atoms with van der Waals surface area (Å²) in [6.45, 7) is 7.77. The van der Waals surface area contributed by atoms with Crippen molar-refractivity contribution in [3.05, 3.63) is 29.8 Å². The molecule has 8 nitrogen and oxygen atoms in total. The largest absolute Gasteiger partial charge is 0.508 e. The highest BCUT2D eigenvalue weighted by Gasteiger charge is 2.33. The molecule has 0 aliphatic heterocycles. The third-order valence-electron chi connectivity index (χ3n) is 4.62. The van der Waals surface area contributed by atoms with Gasteiger partial charge in [0.15, 0.2) is 0 Å². The molecule has 2 atom stereocenters. The van der Waals surface area contributed by atoms with Crippen LogP contribution in [0.4, 0.5) is 4.79 Å². The number of benzene rings is 1. The number of phenols is 1. The average molecular weight is 468 g/mol. The molecule has 0 heterocycles. The fourth-order valence-corrected chi connectivity index (χ4v) is 3.48.